The van der Waals surface area contributed by atoms with Gasteiger partial charge in [-0.3, -0.25) is 14.4 Å². The first-order chi connectivity index (χ1) is 47.1. The number of rotatable bonds is 22. The lowest BCUT2D eigenvalue weighted by Gasteiger charge is -2.31. The van der Waals surface area contributed by atoms with Gasteiger partial charge in [-0.2, -0.15) is 8.61 Å². The van der Waals surface area contributed by atoms with Crippen molar-refractivity contribution in [1.29, 1.82) is 0 Å². The number of alkyl carbamates (subject to hydrolysis) is 1. The molecule has 0 spiro atoms. The number of carbonyl (C=O) groups excluding carboxylic acids is 4. The van der Waals surface area contributed by atoms with Crippen LogP contribution in [0, 0.1) is 23.6 Å². The first-order valence-corrected chi connectivity index (χ1v) is 29.1. The van der Waals surface area contributed by atoms with Crippen molar-refractivity contribution in [1.82, 2.24) is 19.0 Å². The Kier molecular flexibility index (Phi) is 15.9. The van der Waals surface area contributed by atoms with E-state index in [1.165, 1.54) is 24.3 Å². The van der Waals surface area contributed by atoms with Crippen LogP contribution >= 0.6 is 0 Å². The SMILES string of the molecule is O=C(O[C@H]1CO[C@H]2OCC[C@H]21)ON1C(=O)CCC1=O.[2H]C([2H])([2H])C([2H])(C([2H])([2H])[2H])C([2H])([2H])N(C[C@@H](O)[C@@H](N)Cc1ccccc1)S(=O)(=O)c1ccc(N)cc1.[2H]C([2H])([2H])C([2H])(C([2H])([2H])[2H])C([2H])([2H])N(C[C@@H](O)[C@H](Cc1ccccc1)NC(=O)O[C@H]1CO[C@H]2OCC[C@H]21)S(=O)(=O)c1ccc(N)cc1. The van der Waals surface area contributed by atoms with Crippen LogP contribution in [0.1, 0.15) is 88.9 Å². The van der Waals surface area contributed by atoms with Gasteiger partial charge >= 0.3 is 12.2 Å². The number of sulfonamides is 2. The molecule has 0 aliphatic carbocycles. The summed E-state index contributed by atoms with van der Waals surface area (Å²) in [4.78, 5) is 50.6. The van der Waals surface area contributed by atoms with Crippen molar-refractivity contribution < 1.29 is 104 Å². The minimum absolute atomic E-state index is 0.0162. The number of nitrogen functional groups attached to an aromatic ring is 2. The molecule has 5 aliphatic heterocycles. The molecule has 0 unspecified atom stereocenters. The normalized spacial score (nSPS) is 26.9. The Hall–Kier alpha value is -6.30. The lowest BCUT2D eigenvalue weighted by molar-refractivity contribution is -0.179. The van der Waals surface area contributed by atoms with Gasteiger partial charge in [-0.25, -0.2) is 26.4 Å². The molecule has 0 saturated carbocycles. The monoisotopic (exact) mass is 1230 g/mol. The van der Waals surface area contributed by atoms with Crippen LogP contribution in [-0.2, 0) is 75.7 Å². The zero-order valence-corrected chi connectivity index (χ0v) is 46.7. The Balaban J connectivity index is 0.000000233. The third-order valence-corrected chi connectivity index (χ3v) is 17.0. The number of hydrogen-bond donors (Lipinski definition) is 6. The lowest BCUT2D eigenvalue weighted by Crippen LogP contribution is -2.51. The van der Waals surface area contributed by atoms with Crippen LogP contribution in [0.5, 0.6) is 0 Å². The number of carbonyl (C=O) groups is 4. The quantitative estimate of drug-likeness (QED) is 0.0365. The third kappa shape index (κ3) is 18.1. The van der Waals surface area contributed by atoms with Gasteiger partial charge in [0.15, 0.2) is 12.6 Å². The molecule has 26 heteroatoms. The summed E-state index contributed by atoms with van der Waals surface area (Å²) in [5.74, 6) is -9.29. The highest BCUT2D eigenvalue weighted by molar-refractivity contribution is 7.89. The van der Waals surface area contributed by atoms with Crippen LogP contribution in [0.4, 0.5) is 21.0 Å². The molecule has 460 valence electrons. The molecule has 3 amide bonds. The number of aliphatic hydroxyl groups is 2. The second-order valence-electron chi connectivity index (χ2n) is 19.7. The number of imide groups is 1. The second-order valence-corrected chi connectivity index (χ2v) is 23.4. The van der Waals surface area contributed by atoms with E-state index in [0.29, 0.717) is 35.8 Å². The second kappa shape index (κ2) is 30.2. The maximum Gasteiger partial charge on any atom is 0.534 e. The van der Waals surface area contributed by atoms with E-state index in [2.05, 4.69) is 10.2 Å². The summed E-state index contributed by atoms with van der Waals surface area (Å²) < 4.78 is 231. The molecule has 5 heterocycles. The Morgan fingerprint density at radius 1 is 0.679 bits per heavy atom. The minimum atomic E-state index is -5.19. The molecule has 84 heavy (non-hydrogen) atoms. The molecule has 5 aliphatic rings. The summed E-state index contributed by atoms with van der Waals surface area (Å²) in [6.45, 7) is -24.4. The van der Waals surface area contributed by atoms with E-state index in [1.807, 2.05) is 0 Å². The van der Waals surface area contributed by atoms with Crippen molar-refractivity contribution >= 4 is 55.5 Å². The van der Waals surface area contributed by atoms with Crippen LogP contribution in [0.25, 0.3) is 0 Å². The maximum atomic E-state index is 14.0. The number of aliphatic hydroxyl groups excluding tert-OH is 2. The number of nitrogens with two attached hydrogens (primary N) is 3. The van der Waals surface area contributed by atoms with Crippen LogP contribution in [0.2, 0.25) is 0 Å². The van der Waals surface area contributed by atoms with Crippen molar-refractivity contribution in [3.8, 4) is 0 Å². The standard InChI is InChI=1S/C27H37N3O7S.C20H29N3O3S.C11H13NO7/c1-18(2)15-30(38(33,34)21-10-8-20(28)9-11-21)16-24(31)23(14-19-6-4-3-5-7-19)29-27(32)37-25-17-36-26-22(25)12-13-35-26;1-15(2)13-23(27(25,26)18-10-8-17(21)9-11-18)14-20(24)19(22)12-16-6-4-3-5-7-16;13-8-1-2-9(14)12(8)19-11(15)18-7-5-17-10-6(7)3-4-16-10/h3-11,18,22-26,31H,12-17,28H2,1-2H3,(H,29,32);3-11,15,19-20,24H,12-14,21-22H2,1-2H3;6-7,10H,1-5H2/t22-,23-,24+,25-,26+;19-,20+;6-,7-,10+/m000/s1/i1D3,2D3,15D2,18D;1D3,2D3,13D2,15D;. The van der Waals surface area contributed by atoms with E-state index in [-0.39, 0.29) is 77.0 Å². The number of hydroxylamine groups is 2. The number of fused-ring (bicyclic) bond motifs is 2. The first kappa shape index (κ1) is 44.2. The molecule has 0 bridgehead atoms. The highest BCUT2D eigenvalue weighted by Crippen LogP contribution is 2.34. The largest absolute Gasteiger partial charge is 0.534 e. The van der Waals surface area contributed by atoms with Crippen LogP contribution in [0.3, 0.4) is 0 Å². The number of anilines is 2. The van der Waals surface area contributed by atoms with Crippen molar-refractivity contribution in [3.63, 3.8) is 0 Å². The fourth-order valence-electron chi connectivity index (χ4n) is 9.26. The molecule has 5 fully saturated rings. The van der Waals surface area contributed by atoms with Crippen molar-refractivity contribution in [2.75, 3.05) is 64.0 Å². The zero-order chi connectivity index (χ0) is 76.1. The molecule has 10 atom stereocenters. The van der Waals surface area contributed by atoms with Gasteiger partial charge in [0, 0.05) is 81.0 Å². The van der Waals surface area contributed by atoms with Crippen LogP contribution in [-0.4, -0.2) is 166 Å². The molecule has 9 rings (SSSR count). The van der Waals surface area contributed by atoms with Crippen molar-refractivity contribution in [2.24, 2.45) is 29.4 Å². The Morgan fingerprint density at radius 3 is 1.58 bits per heavy atom. The molecular weight excluding hydrogens is 1130 g/mol. The Labute approximate surface area is 516 Å². The predicted octanol–water partition coefficient (Wildman–Crippen LogP) is 4.19. The predicted molar refractivity (Wildman–Crippen MR) is 306 cm³/mol. The lowest BCUT2D eigenvalue weighted by atomic mass is 10.0. The third-order valence-electron chi connectivity index (χ3n) is 13.6. The molecular formula is C58H79N7O17S2. The number of benzene rings is 4. The molecule has 9 N–H and O–H groups in total. The molecule has 5 saturated heterocycles. The molecule has 0 radical (unpaired) electrons. The van der Waals surface area contributed by atoms with E-state index >= 15 is 0 Å². The van der Waals surface area contributed by atoms with Gasteiger partial charge in [0.05, 0.1) is 66.3 Å². The Morgan fingerprint density at radius 2 is 1.12 bits per heavy atom. The van der Waals surface area contributed by atoms with Gasteiger partial charge in [-0.05, 0) is 97.1 Å². The maximum absolute atomic E-state index is 14.0. The van der Waals surface area contributed by atoms with E-state index in [9.17, 15) is 46.2 Å². The van der Waals surface area contributed by atoms with Crippen molar-refractivity contribution in [2.45, 2.75) is 125 Å². The number of nitrogens with one attached hydrogen (secondary N) is 1. The highest BCUT2D eigenvalue weighted by Gasteiger charge is 2.46. The summed E-state index contributed by atoms with van der Waals surface area (Å²) in [5, 5.41) is 25.3. The van der Waals surface area contributed by atoms with E-state index < -0.39 is 162 Å². The van der Waals surface area contributed by atoms with E-state index in [1.54, 1.807) is 60.7 Å². The number of ether oxygens (including phenoxy) is 6. The summed E-state index contributed by atoms with van der Waals surface area (Å²) in [5.41, 5.74) is 18.9. The number of amides is 3. The molecule has 4 aromatic rings. The number of hydrogen-bond acceptors (Lipinski definition) is 20. The summed E-state index contributed by atoms with van der Waals surface area (Å²) in [6.07, 6.45) is -6.53. The average Bonchev–Trinajstić information content (AvgIpc) is 0.967. The fraction of sp³-hybridized carbons (Fsp3) is 0.517. The summed E-state index contributed by atoms with van der Waals surface area (Å²) in [6, 6.07) is 23.1. The van der Waals surface area contributed by atoms with E-state index in [0.717, 1.165) is 30.7 Å². The van der Waals surface area contributed by atoms with Gasteiger partial charge in [-0.1, -0.05) is 93.1 Å². The minimum Gasteiger partial charge on any atom is -0.443 e. The molecule has 24 nitrogen and oxygen atoms in total. The van der Waals surface area contributed by atoms with Crippen LogP contribution < -0.4 is 22.5 Å². The smallest absolute Gasteiger partial charge is 0.443 e. The zero-order valence-electron chi connectivity index (χ0n) is 63.1. The van der Waals surface area contributed by atoms with E-state index in [4.69, 9.17) is 70.3 Å². The van der Waals surface area contributed by atoms with Gasteiger partial charge in [0.1, 0.15) is 12.2 Å². The average molecular weight is 1230 g/mol. The Bertz CT molecular complexity index is 3720. The number of nitrogens with zero attached hydrogens (tertiary/aromatic N) is 3. The molecule has 4 aromatic carbocycles. The topological polar surface area (TPSA) is 341 Å². The summed E-state index contributed by atoms with van der Waals surface area (Å²) >= 11 is 0. The highest BCUT2D eigenvalue weighted by atomic mass is 32.2. The van der Waals surface area contributed by atoms with Gasteiger partial charge in [0.25, 0.3) is 11.8 Å². The van der Waals surface area contributed by atoms with Gasteiger partial charge in [0.2, 0.25) is 20.0 Å². The van der Waals surface area contributed by atoms with Crippen LogP contribution in [0.15, 0.2) is 119 Å². The first-order valence-electron chi connectivity index (χ1n) is 35.3. The van der Waals surface area contributed by atoms with Gasteiger partial charge < -0.3 is 61.2 Å². The van der Waals surface area contributed by atoms with Gasteiger partial charge in [-0.15, -0.1) is 0 Å². The summed E-state index contributed by atoms with van der Waals surface area (Å²) in [7, 11) is -10.2. The fourth-order valence-corrected chi connectivity index (χ4v) is 11.9. The molecule has 0 aromatic heterocycles. The van der Waals surface area contributed by atoms with Crippen molar-refractivity contribution in [3.05, 3.63) is 120 Å².